The lowest BCUT2D eigenvalue weighted by atomic mass is 9.90. The van der Waals surface area contributed by atoms with Crippen LogP contribution in [-0.4, -0.2) is 128 Å². The minimum Gasteiger partial charge on any atom is -0.488 e. The maximum absolute atomic E-state index is 16.2. The second kappa shape index (κ2) is 28.1. The van der Waals surface area contributed by atoms with Gasteiger partial charge in [0.05, 0.1) is 11.1 Å². The molecule has 86 heavy (non-hydrogen) atoms. The first-order chi connectivity index (χ1) is 41.4. The number of primary amides is 1. The van der Waals surface area contributed by atoms with Gasteiger partial charge in [0.25, 0.3) is 0 Å². The molecule has 6 amide bonds. The molecule has 0 saturated carbocycles. The summed E-state index contributed by atoms with van der Waals surface area (Å²) in [7, 11) is 1.93. The Hall–Kier alpha value is -9.29. The van der Waals surface area contributed by atoms with Gasteiger partial charge >= 0.3 is 6.97 Å². The maximum atomic E-state index is 16.2. The van der Waals surface area contributed by atoms with E-state index >= 15 is 8.63 Å². The summed E-state index contributed by atoms with van der Waals surface area (Å²) in [6, 6.07) is 26.4. The van der Waals surface area contributed by atoms with Crippen molar-refractivity contribution >= 4 is 83.3 Å². The predicted molar refractivity (Wildman–Crippen MR) is 325 cm³/mol. The lowest BCUT2D eigenvalue weighted by Gasteiger charge is -2.30. The fourth-order valence-electron chi connectivity index (χ4n) is 10.2. The second-order valence-corrected chi connectivity index (χ2v) is 22.2. The molecule has 0 saturated heterocycles. The summed E-state index contributed by atoms with van der Waals surface area (Å²) >= 11 is 1.42. The van der Waals surface area contributed by atoms with E-state index in [0.29, 0.717) is 66.9 Å². The molecule has 0 aliphatic carbocycles. The fourth-order valence-corrected chi connectivity index (χ4v) is 10.9. The van der Waals surface area contributed by atoms with Crippen LogP contribution >= 0.6 is 11.3 Å². The third kappa shape index (κ3) is 15.3. The third-order valence-corrected chi connectivity index (χ3v) is 15.7. The van der Waals surface area contributed by atoms with Gasteiger partial charge in [0, 0.05) is 74.2 Å². The van der Waals surface area contributed by atoms with E-state index < -0.39 is 60.7 Å². The molecule has 3 aromatic heterocycles. The maximum Gasteiger partial charge on any atom is 0.737 e. The number of benzene rings is 3. The number of fused-ring (bicyclic) bond motifs is 4. The lowest BCUT2D eigenvalue weighted by Crippen LogP contribution is -2.54. The van der Waals surface area contributed by atoms with Crippen molar-refractivity contribution in [2.45, 2.75) is 96.8 Å². The smallest absolute Gasteiger partial charge is 0.488 e. The molecule has 0 spiro atoms. The number of nitrogens with zero attached hydrogens (tertiary/aromatic N) is 6. The lowest BCUT2D eigenvalue weighted by molar-refractivity contribution is -0.360. The van der Waals surface area contributed by atoms with Crippen molar-refractivity contribution in [3.8, 4) is 11.5 Å². The van der Waals surface area contributed by atoms with E-state index in [1.165, 1.54) is 32.1 Å². The van der Waals surface area contributed by atoms with Crippen molar-refractivity contribution in [1.29, 1.82) is 0 Å². The minimum atomic E-state index is -4.16. The Morgan fingerprint density at radius 3 is 2.30 bits per heavy atom. The van der Waals surface area contributed by atoms with Gasteiger partial charge in [0.1, 0.15) is 54.6 Å². The molecule has 20 nitrogen and oxygen atoms in total. The van der Waals surface area contributed by atoms with Crippen LogP contribution in [0.4, 0.5) is 8.63 Å². The summed E-state index contributed by atoms with van der Waals surface area (Å²) in [6.45, 7) is 2.25. The van der Waals surface area contributed by atoms with Crippen molar-refractivity contribution in [3.05, 3.63) is 177 Å². The number of carbonyl (C=O) groups excluding carboxylic acids is 6. The molecule has 4 atom stereocenters. The quantitative estimate of drug-likeness (QED) is 0.0324. The van der Waals surface area contributed by atoms with Gasteiger partial charge in [-0.2, -0.15) is 0 Å². The van der Waals surface area contributed by atoms with Gasteiger partial charge in [0.15, 0.2) is 11.4 Å². The molecule has 7 N–H and O–H groups in total. The largest absolute Gasteiger partial charge is 0.737 e. The number of ether oxygens (including phenoxy) is 2. The number of aromatic nitrogens is 4. The van der Waals surface area contributed by atoms with E-state index in [4.69, 9.17) is 15.2 Å². The van der Waals surface area contributed by atoms with Crippen LogP contribution in [0.15, 0.2) is 133 Å². The van der Waals surface area contributed by atoms with E-state index in [1.807, 2.05) is 71.9 Å². The Balaban J connectivity index is 0.627. The number of hydrogen-bond donors (Lipinski definition) is 6. The Labute approximate surface area is 500 Å². The van der Waals surface area contributed by atoms with Crippen LogP contribution in [0, 0.1) is 0 Å². The summed E-state index contributed by atoms with van der Waals surface area (Å²) in [5.74, 6) is -2.01. The standard InChI is InChI=1S/C62H69BF2N12O8S/c1-40(69-62(83)42(3)70-61(82)41(2)68-58(79)30-34-74(4)32-9-15-51-50-13-6-5-12-44(50)38-85-55-17-8-7-14-52(51)55)60(81)67-31-29-57(78)71-53(59(66)80)16-10-33-75-37-45(72-73-75)39-84-49-26-20-43(21-27-49)19-22-46-23-24-47-36-48-25-28-54(56-18-11-35-86-56)77(48)63(64,65)76(46)47/h5-8,11-15,17-28,35-37,40-42,53H,9-10,16,29-34,38-39H2,1-4H3,(H2,66,80)(H,67,81)(H,68,79)(H,69,83)(H,70,82)(H,71,78)/b22-19+,51-15+/t40-,41-,42-,53-/m0/s1. The van der Waals surface area contributed by atoms with Crippen molar-refractivity contribution in [2.75, 3.05) is 26.7 Å². The van der Waals surface area contributed by atoms with Crippen LogP contribution < -0.4 is 41.8 Å². The molecular formula is C62H69BF2N12O8S. The van der Waals surface area contributed by atoms with Crippen LogP contribution in [0.2, 0.25) is 0 Å². The summed E-state index contributed by atoms with van der Waals surface area (Å²) in [5.41, 5.74) is 13.1. The van der Waals surface area contributed by atoms with E-state index in [0.717, 1.165) is 53.8 Å². The zero-order valence-corrected chi connectivity index (χ0v) is 49.0. The Morgan fingerprint density at radius 2 is 1.55 bits per heavy atom. The van der Waals surface area contributed by atoms with Gasteiger partial charge in [0.2, 0.25) is 35.4 Å². The van der Waals surface area contributed by atoms with Gasteiger partial charge in [-0.05, 0) is 117 Å². The number of hydrogen-bond acceptors (Lipinski definition) is 12. The first kappa shape index (κ1) is 61.3. The average Bonchev–Trinajstić information content (AvgIpc) is 1.67. The molecule has 3 aromatic carbocycles. The van der Waals surface area contributed by atoms with Crippen LogP contribution in [0.5, 0.6) is 11.5 Å². The van der Waals surface area contributed by atoms with Crippen LogP contribution in [-0.2, 0) is 48.5 Å². The van der Waals surface area contributed by atoms with Gasteiger partial charge in [-0.3, -0.25) is 33.4 Å². The molecule has 0 radical (unpaired) electrons. The summed E-state index contributed by atoms with van der Waals surface area (Å²) in [4.78, 5) is 79.5. The number of carbonyl (C=O) groups is 6. The van der Waals surface area contributed by atoms with Gasteiger partial charge in [-0.1, -0.05) is 78.0 Å². The van der Waals surface area contributed by atoms with Gasteiger partial charge in [-0.25, -0.2) is 0 Å². The zero-order chi connectivity index (χ0) is 60.9. The molecule has 24 heteroatoms. The number of halogens is 2. The van der Waals surface area contributed by atoms with Crippen LogP contribution in [0.3, 0.4) is 0 Å². The van der Waals surface area contributed by atoms with Gasteiger partial charge < -0.3 is 64.3 Å². The molecule has 3 aliphatic heterocycles. The molecule has 6 aromatic rings. The highest BCUT2D eigenvalue weighted by Crippen LogP contribution is 2.37. The molecule has 3 aliphatic rings. The van der Waals surface area contributed by atoms with Crippen molar-refractivity contribution in [1.82, 2.24) is 51.0 Å². The fraction of sp³-hybridized carbons (Fsp3) is 0.306. The second-order valence-electron chi connectivity index (χ2n) is 21.3. The molecular weight excluding hydrogens is 1120 g/mol. The highest BCUT2D eigenvalue weighted by molar-refractivity contribution is 7.12. The third-order valence-electron chi connectivity index (χ3n) is 14.9. The molecule has 0 fully saturated rings. The highest BCUT2D eigenvalue weighted by Gasteiger charge is 2.52. The predicted octanol–water partition coefficient (Wildman–Crippen LogP) is 6.05. The van der Waals surface area contributed by atoms with E-state index in [9.17, 15) is 28.8 Å². The molecule has 9 rings (SSSR count). The molecule has 6 heterocycles. The Bertz CT molecular complexity index is 3580. The average molecular weight is 1190 g/mol. The minimum absolute atomic E-state index is 0.105. The number of nitrogens with two attached hydrogens (primary N) is 1. The van der Waals surface area contributed by atoms with E-state index in [2.05, 4.69) is 61.2 Å². The molecule has 448 valence electrons. The number of rotatable bonds is 27. The summed E-state index contributed by atoms with van der Waals surface area (Å²) in [6.07, 6.45) is 13.9. The van der Waals surface area contributed by atoms with Crippen LogP contribution in [0.25, 0.3) is 23.8 Å². The van der Waals surface area contributed by atoms with Crippen molar-refractivity contribution in [3.63, 3.8) is 0 Å². The number of thiophene rings is 1. The normalized spacial score (nSPS) is 15.7. The van der Waals surface area contributed by atoms with E-state index in [1.54, 1.807) is 65.5 Å². The van der Waals surface area contributed by atoms with Gasteiger partial charge in [-0.15, -0.1) is 16.4 Å². The zero-order valence-electron chi connectivity index (χ0n) is 48.2. The topological polar surface area (TPSA) is 249 Å². The molecule has 0 unspecified atom stereocenters. The number of para-hydroxylation sites is 1. The van der Waals surface area contributed by atoms with E-state index in [-0.39, 0.29) is 38.3 Å². The highest BCUT2D eigenvalue weighted by atomic mass is 32.1. The Kier molecular flexibility index (Phi) is 20.0. The number of allylic oxidation sites excluding steroid dienone is 2. The van der Waals surface area contributed by atoms with Crippen molar-refractivity contribution in [2.24, 2.45) is 5.73 Å². The summed E-state index contributed by atoms with van der Waals surface area (Å²) < 4.78 is 48.3. The first-order valence-electron chi connectivity index (χ1n) is 28.5. The SMILES string of the molecule is C[C@H](NC(=O)CCN(C)CC/C=C1\c2ccccc2COc2ccccc21)C(=O)N[C@@H](C)C(=O)N[C@@H](C)C(=O)NCCC(=O)N[C@@H](CCCn1cc(COc2ccc(/C=C/c3ccc4n3[B-](F)(F)[N+]3=C(c5cccs5)C=CC3=C4)cc2)nn1)C(N)=O. The number of amides is 6. The van der Waals surface area contributed by atoms with Crippen LogP contribution in [0.1, 0.15) is 97.1 Å². The number of nitrogens with one attached hydrogen (secondary N) is 5. The number of aryl methyl sites for hydroxylation is 1. The summed E-state index contributed by atoms with van der Waals surface area (Å²) in [5, 5.41) is 23.2. The van der Waals surface area contributed by atoms with Crippen molar-refractivity contribution < 1.29 is 51.4 Å². The first-order valence-corrected chi connectivity index (χ1v) is 29.4. The monoisotopic (exact) mass is 1190 g/mol. The molecule has 0 bridgehead atoms. The Morgan fingerprint density at radius 1 is 0.826 bits per heavy atom.